The number of benzene rings is 1. The molecule has 152 valence electrons. The number of hydrogen-bond acceptors (Lipinski definition) is 4. The molecule has 0 aliphatic heterocycles. The monoisotopic (exact) mass is 398 g/mol. The molecular weight excluding hydrogens is 377 g/mol. The molecule has 0 aliphatic carbocycles. The molecule has 0 saturated carbocycles. The maximum absolute atomic E-state index is 12.8. The SMILES string of the molecule is CC(C)C(NC(=O)c1ccco1)C(=O)N(C)Cc1ccccc1OC(F)(F)F. The van der Waals surface area contributed by atoms with E-state index in [2.05, 4.69) is 10.1 Å². The van der Waals surface area contributed by atoms with E-state index >= 15 is 0 Å². The van der Waals surface area contributed by atoms with Gasteiger partial charge >= 0.3 is 6.36 Å². The van der Waals surface area contributed by atoms with Crippen LogP contribution in [0.2, 0.25) is 0 Å². The van der Waals surface area contributed by atoms with Crippen molar-refractivity contribution in [1.29, 1.82) is 0 Å². The molecule has 1 N–H and O–H groups in total. The molecule has 2 rings (SSSR count). The van der Waals surface area contributed by atoms with Crippen molar-refractivity contribution in [2.75, 3.05) is 7.05 Å². The molecule has 0 radical (unpaired) electrons. The number of para-hydroxylation sites is 1. The zero-order valence-corrected chi connectivity index (χ0v) is 15.6. The van der Waals surface area contributed by atoms with Gasteiger partial charge in [-0.05, 0) is 24.1 Å². The molecule has 2 amide bonds. The van der Waals surface area contributed by atoms with Gasteiger partial charge in [0.2, 0.25) is 5.91 Å². The molecule has 0 fully saturated rings. The minimum Gasteiger partial charge on any atom is -0.459 e. The summed E-state index contributed by atoms with van der Waals surface area (Å²) in [6.07, 6.45) is -3.50. The van der Waals surface area contributed by atoms with Crippen molar-refractivity contribution >= 4 is 11.8 Å². The standard InChI is InChI=1S/C19H21F3N2O4/c1-12(2)16(23-17(25)15-9-6-10-27-15)18(26)24(3)11-13-7-4-5-8-14(13)28-19(20,21)22/h4-10,12,16H,11H2,1-3H3,(H,23,25). The Hall–Kier alpha value is -2.97. The number of nitrogens with zero attached hydrogens (tertiary/aromatic N) is 1. The van der Waals surface area contributed by atoms with Gasteiger partial charge in [-0.15, -0.1) is 13.2 Å². The lowest BCUT2D eigenvalue weighted by atomic mass is 10.0. The molecule has 0 spiro atoms. The Labute approximate surface area is 160 Å². The summed E-state index contributed by atoms with van der Waals surface area (Å²) in [5.41, 5.74) is 0.190. The second kappa shape index (κ2) is 8.81. The first kappa shape index (κ1) is 21.3. The Balaban J connectivity index is 2.12. The molecule has 1 unspecified atom stereocenters. The summed E-state index contributed by atoms with van der Waals surface area (Å²) >= 11 is 0. The van der Waals surface area contributed by atoms with E-state index in [4.69, 9.17) is 4.42 Å². The highest BCUT2D eigenvalue weighted by molar-refractivity contribution is 5.95. The Morgan fingerprint density at radius 2 is 1.86 bits per heavy atom. The Morgan fingerprint density at radius 1 is 1.18 bits per heavy atom. The number of halogens is 3. The molecule has 6 nitrogen and oxygen atoms in total. The number of likely N-dealkylation sites (N-methyl/N-ethyl adjacent to an activating group) is 1. The predicted octanol–water partition coefficient (Wildman–Crippen LogP) is 3.59. The number of rotatable bonds is 7. The van der Waals surface area contributed by atoms with Gasteiger partial charge in [0.1, 0.15) is 11.8 Å². The summed E-state index contributed by atoms with van der Waals surface area (Å²) in [4.78, 5) is 26.2. The Bertz CT molecular complexity index is 804. The van der Waals surface area contributed by atoms with Crippen molar-refractivity contribution in [2.24, 2.45) is 5.92 Å². The highest BCUT2D eigenvalue weighted by Crippen LogP contribution is 2.27. The van der Waals surface area contributed by atoms with Crippen LogP contribution in [0.1, 0.15) is 30.0 Å². The zero-order chi connectivity index (χ0) is 20.9. The average molecular weight is 398 g/mol. The highest BCUT2D eigenvalue weighted by atomic mass is 19.4. The van der Waals surface area contributed by atoms with Gasteiger partial charge in [0.25, 0.3) is 5.91 Å². The summed E-state index contributed by atoms with van der Waals surface area (Å²) in [6.45, 7) is 3.38. The van der Waals surface area contributed by atoms with Crippen LogP contribution in [0.5, 0.6) is 5.75 Å². The molecular formula is C19H21F3N2O4. The molecule has 0 aliphatic rings. The summed E-state index contributed by atoms with van der Waals surface area (Å²) in [6, 6.07) is 7.72. The van der Waals surface area contributed by atoms with Crippen LogP contribution >= 0.6 is 0 Å². The largest absolute Gasteiger partial charge is 0.573 e. The van der Waals surface area contributed by atoms with Gasteiger partial charge in [-0.2, -0.15) is 0 Å². The molecule has 1 aromatic heterocycles. The zero-order valence-electron chi connectivity index (χ0n) is 15.6. The quantitative estimate of drug-likeness (QED) is 0.774. The van der Waals surface area contributed by atoms with E-state index in [9.17, 15) is 22.8 Å². The smallest absolute Gasteiger partial charge is 0.459 e. The number of carbonyl (C=O) groups is 2. The van der Waals surface area contributed by atoms with E-state index in [0.717, 1.165) is 0 Å². The van der Waals surface area contributed by atoms with E-state index in [0.29, 0.717) is 0 Å². The van der Waals surface area contributed by atoms with Crippen LogP contribution in [0, 0.1) is 5.92 Å². The highest BCUT2D eigenvalue weighted by Gasteiger charge is 2.33. The number of furan rings is 1. The van der Waals surface area contributed by atoms with Crippen LogP contribution in [0.3, 0.4) is 0 Å². The maximum atomic E-state index is 12.8. The molecule has 1 aromatic carbocycles. The summed E-state index contributed by atoms with van der Waals surface area (Å²) in [7, 11) is 1.45. The Kier molecular flexibility index (Phi) is 6.71. The molecule has 1 atom stereocenters. The number of amides is 2. The fourth-order valence-electron chi connectivity index (χ4n) is 2.56. The maximum Gasteiger partial charge on any atom is 0.573 e. The first-order valence-electron chi connectivity index (χ1n) is 8.51. The van der Waals surface area contributed by atoms with E-state index in [1.54, 1.807) is 26.0 Å². The lowest BCUT2D eigenvalue weighted by Crippen LogP contribution is -2.50. The number of carbonyl (C=O) groups excluding carboxylic acids is 2. The van der Waals surface area contributed by atoms with Crippen molar-refractivity contribution in [3.63, 3.8) is 0 Å². The third-order valence-electron chi connectivity index (χ3n) is 3.95. The Morgan fingerprint density at radius 3 is 2.43 bits per heavy atom. The second-order valence-electron chi connectivity index (χ2n) is 6.52. The van der Waals surface area contributed by atoms with Crippen molar-refractivity contribution in [3.8, 4) is 5.75 Å². The van der Waals surface area contributed by atoms with E-state index in [1.165, 1.54) is 42.5 Å². The van der Waals surface area contributed by atoms with Crippen molar-refractivity contribution in [3.05, 3.63) is 54.0 Å². The van der Waals surface area contributed by atoms with Crippen LogP contribution in [-0.2, 0) is 11.3 Å². The summed E-state index contributed by atoms with van der Waals surface area (Å²) in [5, 5.41) is 2.60. The normalized spacial score (nSPS) is 12.5. The molecule has 28 heavy (non-hydrogen) atoms. The second-order valence-corrected chi connectivity index (χ2v) is 6.52. The number of hydrogen-bond donors (Lipinski definition) is 1. The van der Waals surface area contributed by atoms with Gasteiger partial charge in [-0.1, -0.05) is 32.0 Å². The van der Waals surface area contributed by atoms with Crippen molar-refractivity contribution in [2.45, 2.75) is 32.8 Å². The van der Waals surface area contributed by atoms with Crippen LogP contribution in [0.25, 0.3) is 0 Å². The van der Waals surface area contributed by atoms with Crippen LogP contribution in [-0.4, -0.2) is 36.2 Å². The van der Waals surface area contributed by atoms with Gasteiger partial charge in [0.15, 0.2) is 5.76 Å². The van der Waals surface area contributed by atoms with Crippen LogP contribution < -0.4 is 10.1 Å². The first-order valence-corrected chi connectivity index (χ1v) is 8.51. The van der Waals surface area contributed by atoms with Gasteiger partial charge in [-0.25, -0.2) is 0 Å². The van der Waals surface area contributed by atoms with E-state index < -0.39 is 24.2 Å². The van der Waals surface area contributed by atoms with E-state index in [-0.39, 0.29) is 29.5 Å². The van der Waals surface area contributed by atoms with Crippen LogP contribution in [0.4, 0.5) is 13.2 Å². The molecule has 9 heteroatoms. The summed E-state index contributed by atoms with van der Waals surface area (Å²) in [5.74, 6) is -1.57. The predicted molar refractivity (Wildman–Crippen MR) is 94.4 cm³/mol. The van der Waals surface area contributed by atoms with Gasteiger partial charge in [0.05, 0.1) is 6.26 Å². The minimum absolute atomic E-state index is 0.0602. The van der Waals surface area contributed by atoms with Gasteiger partial charge < -0.3 is 19.4 Å². The molecule has 0 saturated heterocycles. The minimum atomic E-state index is -4.84. The number of ether oxygens (including phenoxy) is 1. The van der Waals surface area contributed by atoms with E-state index in [1.807, 2.05) is 0 Å². The van der Waals surface area contributed by atoms with Crippen molar-refractivity contribution in [1.82, 2.24) is 10.2 Å². The fraction of sp³-hybridized carbons (Fsp3) is 0.368. The van der Waals surface area contributed by atoms with Gasteiger partial charge in [-0.3, -0.25) is 9.59 Å². The fourth-order valence-corrected chi connectivity index (χ4v) is 2.56. The molecule has 1 heterocycles. The van der Waals surface area contributed by atoms with Gasteiger partial charge in [0, 0.05) is 19.2 Å². The average Bonchev–Trinajstić information content (AvgIpc) is 3.13. The topological polar surface area (TPSA) is 71.8 Å². The third-order valence-corrected chi connectivity index (χ3v) is 3.95. The number of alkyl halides is 3. The lowest BCUT2D eigenvalue weighted by Gasteiger charge is -2.27. The third kappa shape index (κ3) is 5.77. The summed E-state index contributed by atoms with van der Waals surface area (Å²) < 4.78 is 46.7. The lowest BCUT2D eigenvalue weighted by molar-refractivity contribution is -0.275. The first-order chi connectivity index (χ1) is 13.1. The molecule has 0 bridgehead atoms. The molecule has 2 aromatic rings. The van der Waals surface area contributed by atoms with Crippen molar-refractivity contribution < 1.29 is 31.9 Å². The number of nitrogens with one attached hydrogen (secondary N) is 1. The van der Waals surface area contributed by atoms with Crippen LogP contribution in [0.15, 0.2) is 47.1 Å².